The predicted molar refractivity (Wildman–Crippen MR) is 138 cm³/mol. The number of carbonyl (C=O) groups is 4. The minimum atomic E-state index is -0.487. The van der Waals surface area contributed by atoms with E-state index in [9.17, 15) is 19.2 Å². The van der Waals surface area contributed by atoms with Crippen LogP contribution in [0.15, 0.2) is 47.5 Å². The monoisotopic (exact) mass is 527 g/mol. The van der Waals surface area contributed by atoms with Crippen molar-refractivity contribution in [3.05, 3.63) is 58.4 Å². The van der Waals surface area contributed by atoms with E-state index in [2.05, 4.69) is 4.99 Å². The number of hydrogen-bond acceptors (Lipinski definition) is 8. The molecule has 0 saturated heterocycles. The van der Waals surface area contributed by atoms with Gasteiger partial charge in [0, 0.05) is 12.2 Å². The summed E-state index contributed by atoms with van der Waals surface area (Å²) < 4.78 is 12.1. The maximum Gasteiger partial charge on any atom is 0.337 e. The molecule has 0 atom stereocenters. The Morgan fingerprint density at radius 2 is 1.92 bits per heavy atom. The fourth-order valence-corrected chi connectivity index (χ4v) is 5.69. The number of fused-ring (bicyclic) bond motifs is 2. The molecule has 0 fully saturated rings. The molecular weight excluding hydrogens is 502 g/mol. The van der Waals surface area contributed by atoms with Gasteiger partial charge in [-0.1, -0.05) is 29.5 Å². The van der Waals surface area contributed by atoms with Crippen LogP contribution in [0.4, 0.5) is 5.69 Å². The van der Waals surface area contributed by atoms with Crippen molar-refractivity contribution in [3.63, 3.8) is 0 Å². The first-order valence-corrected chi connectivity index (χ1v) is 13.3. The molecule has 3 aromatic rings. The molecule has 2 heterocycles. The number of rotatable bonds is 8. The summed E-state index contributed by atoms with van der Waals surface area (Å²) in [6.07, 6.45) is 0.824. The average Bonchev–Trinajstić information content (AvgIpc) is 3.44. The molecule has 0 saturated carbocycles. The number of methoxy groups -OCH3 is 1. The number of thioether (sulfide) groups is 1. The summed E-state index contributed by atoms with van der Waals surface area (Å²) in [5.74, 6) is -1.25. The second kappa shape index (κ2) is 11.5. The fourth-order valence-electron chi connectivity index (χ4n) is 3.93. The van der Waals surface area contributed by atoms with E-state index in [1.807, 2.05) is 24.3 Å². The van der Waals surface area contributed by atoms with Crippen molar-refractivity contribution in [2.45, 2.75) is 19.9 Å². The molecule has 11 heteroatoms. The van der Waals surface area contributed by atoms with Gasteiger partial charge in [0.25, 0.3) is 5.91 Å². The van der Waals surface area contributed by atoms with Crippen molar-refractivity contribution in [3.8, 4) is 0 Å². The highest BCUT2D eigenvalue weighted by Gasteiger charge is 2.24. The van der Waals surface area contributed by atoms with Gasteiger partial charge < -0.3 is 18.9 Å². The second-order valence-electron chi connectivity index (χ2n) is 7.87. The van der Waals surface area contributed by atoms with Crippen LogP contribution in [0.25, 0.3) is 10.2 Å². The lowest BCUT2D eigenvalue weighted by Gasteiger charge is -2.16. The molecule has 188 valence electrons. The standard InChI is InChI=1S/C25H25N3O6S2/c1-3-34-23(31)13-28-19-9-8-17(24(32)33-2)12-20(19)36-25(28)26-21(29)14-35-15-22(30)27-11-10-16-6-4-5-7-18(16)27/h4-9,12H,3,10-11,13-15H2,1-2H3. The number of esters is 2. The van der Waals surface area contributed by atoms with Crippen LogP contribution in [0.1, 0.15) is 22.8 Å². The summed E-state index contributed by atoms with van der Waals surface area (Å²) in [6, 6.07) is 12.7. The normalized spacial score (nSPS) is 13.1. The van der Waals surface area contributed by atoms with E-state index in [0.29, 0.717) is 27.1 Å². The molecule has 0 bridgehead atoms. The number of ether oxygens (including phenoxy) is 2. The molecule has 1 aliphatic heterocycles. The second-order valence-corrected chi connectivity index (χ2v) is 9.87. The molecular formula is C25H25N3O6S2. The van der Waals surface area contributed by atoms with Crippen LogP contribution >= 0.6 is 23.1 Å². The highest BCUT2D eigenvalue weighted by atomic mass is 32.2. The van der Waals surface area contributed by atoms with Crippen LogP contribution in [0.5, 0.6) is 0 Å². The lowest BCUT2D eigenvalue weighted by atomic mass is 10.2. The number of anilines is 1. The Morgan fingerprint density at radius 3 is 2.69 bits per heavy atom. The van der Waals surface area contributed by atoms with Crippen LogP contribution < -0.4 is 9.70 Å². The predicted octanol–water partition coefficient (Wildman–Crippen LogP) is 2.80. The topological polar surface area (TPSA) is 107 Å². The molecule has 2 amide bonds. The van der Waals surface area contributed by atoms with Crippen LogP contribution in [-0.2, 0) is 36.8 Å². The van der Waals surface area contributed by atoms with Gasteiger partial charge in [0.15, 0.2) is 4.80 Å². The van der Waals surface area contributed by atoms with Gasteiger partial charge in [-0.25, -0.2) is 4.79 Å². The van der Waals surface area contributed by atoms with Gasteiger partial charge in [-0.2, -0.15) is 4.99 Å². The van der Waals surface area contributed by atoms with Gasteiger partial charge in [-0.05, 0) is 43.2 Å². The molecule has 36 heavy (non-hydrogen) atoms. The number of nitrogens with zero attached hydrogens (tertiary/aromatic N) is 3. The van der Waals surface area contributed by atoms with Crippen molar-refractivity contribution >= 4 is 62.8 Å². The number of thiazole rings is 1. The van der Waals surface area contributed by atoms with E-state index in [4.69, 9.17) is 9.47 Å². The summed E-state index contributed by atoms with van der Waals surface area (Å²) in [4.78, 5) is 55.7. The van der Waals surface area contributed by atoms with Crippen molar-refractivity contribution in [2.75, 3.05) is 36.7 Å². The highest BCUT2D eigenvalue weighted by Crippen LogP contribution is 2.28. The molecule has 4 rings (SSSR count). The molecule has 9 nitrogen and oxygen atoms in total. The maximum absolute atomic E-state index is 12.7. The Hall–Kier alpha value is -3.44. The van der Waals surface area contributed by atoms with Crippen LogP contribution in [0.3, 0.4) is 0 Å². The number of para-hydroxylation sites is 1. The van der Waals surface area contributed by atoms with Crippen molar-refractivity contribution < 1.29 is 28.7 Å². The van der Waals surface area contributed by atoms with Crippen LogP contribution in [0, 0.1) is 0 Å². The van der Waals surface area contributed by atoms with E-state index < -0.39 is 17.8 Å². The summed E-state index contributed by atoms with van der Waals surface area (Å²) >= 11 is 2.38. The summed E-state index contributed by atoms with van der Waals surface area (Å²) in [5, 5.41) is 0. The number of benzene rings is 2. The molecule has 0 unspecified atom stereocenters. The quantitative estimate of drug-likeness (QED) is 0.415. The highest BCUT2D eigenvalue weighted by molar-refractivity contribution is 8.00. The zero-order valence-corrected chi connectivity index (χ0v) is 21.5. The first-order chi connectivity index (χ1) is 17.4. The maximum atomic E-state index is 12.7. The SMILES string of the molecule is CCOC(=O)Cn1c(=NC(=O)CSCC(=O)N2CCc3ccccc32)sc2cc(C(=O)OC)ccc21. The fraction of sp³-hybridized carbons (Fsp3) is 0.320. The molecule has 1 aliphatic rings. The summed E-state index contributed by atoms with van der Waals surface area (Å²) in [6.45, 7) is 2.45. The first kappa shape index (κ1) is 25.6. The van der Waals surface area contributed by atoms with Crippen LogP contribution in [0.2, 0.25) is 0 Å². The zero-order valence-electron chi connectivity index (χ0n) is 19.9. The largest absolute Gasteiger partial charge is 0.465 e. The van der Waals surface area contributed by atoms with Gasteiger partial charge >= 0.3 is 11.9 Å². The van der Waals surface area contributed by atoms with E-state index >= 15 is 0 Å². The third kappa shape index (κ3) is 5.68. The summed E-state index contributed by atoms with van der Waals surface area (Å²) in [7, 11) is 1.30. The third-order valence-corrected chi connectivity index (χ3v) is 7.50. The Labute approximate surface area is 215 Å². The van der Waals surface area contributed by atoms with E-state index in [0.717, 1.165) is 17.7 Å². The van der Waals surface area contributed by atoms with Gasteiger partial charge in [0.05, 0.1) is 41.0 Å². The molecule has 2 aromatic carbocycles. The van der Waals surface area contributed by atoms with Gasteiger partial charge in [0.2, 0.25) is 5.91 Å². The lowest BCUT2D eigenvalue weighted by Crippen LogP contribution is -2.30. The van der Waals surface area contributed by atoms with Gasteiger partial charge in [-0.15, -0.1) is 11.8 Å². The number of carbonyl (C=O) groups excluding carboxylic acids is 4. The average molecular weight is 528 g/mol. The Bertz CT molecular complexity index is 1390. The van der Waals surface area contributed by atoms with E-state index in [1.165, 1.54) is 30.2 Å². The summed E-state index contributed by atoms with van der Waals surface area (Å²) in [5.41, 5.74) is 3.07. The minimum absolute atomic E-state index is 0.0162. The lowest BCUT2D eigenvalue weighted by molar-refractivity contribution is -0.143. The first-order valence-electron chi connectivity index (χ1n) is 11.3. The smallest absolute Gasteiger partial charge is 0.337 e. The van der Waals surface area contributed by atoms with Crippen molar-refractivity contribution in [1.29, 1.82) is 0 Å². The van der Waals surface area contributed by atoms with Gasteiger partial charge in [-0.3, -0.25) is 14.4 Å². The molecule has 0 N–H and O–H groups in total. The van der Waals surface area contributed by atoms with E-state index in [1.54, 1.807) is 34.6 Å². The minimum Gasteiger partial charge on any atom is -0.465 e. The van der Waals surface area contributed by atoms with Crippen molar-refractivity contribution in [2.24, 2.45) is 4.99 Å². The molecule has 0 radical (unpaired) electrons. The third-order valence-electron chi connectivity index (χ3n) is 5.56. The van der Waals surface area contributed by atoms with Crippen molar-refractivity contribution in [1.82, 2.24) is 4.57 Å². The Balaban J connectivity index is 1.49. The number of hydrogen-bond donors (Lipinski definition) is 0. The molecule has 0 spiro atoms. The van der Waals surface area contributed by atoms with Crippen LogP contribution in [-0.4, -0.2) is 60.1 Å². The zero-order chi connectivity index (χ0) is 25.7. The Morgan fingerprint density at radius 1 is 1.11 bits per heavy atom. The molecule has 1 aromatic heterocycles. The van der Waals surface area contributed by atoms with E-state index in [-0.39, 0.29) is 30.6 Å². The van der Waals surface area contributed by atoms with Gasteiger partial charge in [0.1, 0.15) is 6.54 Å². The number of amides is 2. The molecule has 0 aliphatic carbocycles. The Kier molecular flexibility index (Phi) is 8.21. The number of aromatic nitrogens is 1.